The third kappa shape index (κ3) is 3.85. The smallest absolute Gasteiger partial charge is 0.335 e. The summed E-state index contributed by atoms with van der Waals surface area (Å²) in [6.07, 6.45) is 1.75. The molecule has 0 spiro atoms. The second kappa shape index (κ2) is 7.24. The fourth-order valence-corrected chi connectivity index (χ4v) is 3.69. The number of carboxylic acids is 1. The Morgan fingerprint density at radius 3 is 2.48 bits per heavy atom. The number of amides is 2. The average Bonchev–Trinajstić information content (AvgIpc) is 3.06. The maximum absolute atomic E-state index is 12.1. The van der Waals surface area contributed by atoms with E-state index in [1.54, 1.807) is 30.3 Å². The Balaban J connectivity index is 1.92. The zero-order chi connectivity index (χ0) is 19.7. The summed E-state index contributed by atoms with van der Waals surface area (Å²) in [6, 6.07) is 8.54. The van der Waals surface area contributed by atoms with Crippen molar-refractivity contribution in [2.45, 2.75) is 20.8 Å². The summed E-state index contributed by atoms with van der Waals surface area (Å²) < 4.78 is 1.98. The molecule has 1 aliphatic rings. The van der Waals surface area contributed by atoms with Gasteiger partial charge in [0.15, 0.2) is 5.17 Å². The highest BCUT2D eigenvalue weighted by molar-refractivity contribution is 8.18. The van der Waals surface area contributed by atoms with Gasteiger partial charge in [0.05, 0.1) is 10.5 Å². The van der Waals surface area contributed by atoms with Crippen LogP contribution in [0.5, 0.6) is 0 Å². The molecule has 0 fully saturated rings. The molecule has 1 aromatic heterocycles. The predicted octanol–water partition coefficient (Wildman–Crippen LogP) is 2.90. The van der Waals surface area contributed by atoms with Gasteiger partial charge in [0.1, 0.15) is 0 Å². The van der Waals surface area contributed by atoms with E-state index < -0.39 is 5.97 Å². The number of amidine groups is 1. The third-order valence-electron chi connectivity index (χ3n) is 4.03. The van der Waals surface area contributed by atoms with Crippen LogP contribution in [0.15, 0.2) is 40.2 Å². The van der Waals surface area contributed by atoms with Gasteiger partial charge in [-0.3, -0.25) is 9.59 Å². The van der Waals surface area contributed by atoms with Gasteiger partial charge in [-0.05, 0) is 67.6 Å². The highest BCUT2D eigenvalue weighted by atomic mass is 32.2. The Morgan fingerprint density at radius 2 is 1.89 bits per heavy atom. The number of hydrogen-bond acceptors (Lipinski definition) is 4. The molecule has 27 heavy (non-hydrogen) atoms. The molecular formula is C19H17N3O4S. The molecule has 0 bridgehead atoms. The van der Waals surface area contributed by atoms with Gasteiger partial charge in [-0.25, -0.2) is 4.79 Å². The number of rotatable bonds is 3. The van der Waals surface area contributed by atoms with Crippen molar-refractivity contribution in [3.63, 3.8) is 0 Å². The molecule has 1 aliphatic heterocycles. The Labute approximate surface area is 159 Å². The molecule has 7 nitrogen and oxygen atoms in total. The molecule has 1 aromatic carbocycles. The van der Waals surface area contributed by atoms with E-state index in [0.717, 1.165) is 34.4 Å². The molecule has 0 saturated carbocycles. The number of aromatic carboxylic acids is 1. The summed E-state index contributed by atoms with van der Waals surface area (Å²) in [5.74, 6) is -1.64. The largest absolute Gasteiger partial charge is 0.478 e. The molecule has 8 heteroatoms. The van der Waals surface area contributed by atoms with E-state index >= 15 is 0 Å². The van der Waals surface area contributed by atoms with E-state index in [1.165, 1.54) is 6.92 Å². The average molecular weight is 383 g/mol. The van der Waals surface area contributed by atoms with Crippen LogP contribution in [0.2, 0.25) is 0 Å². The Morgan fingerprint density at radius 1 is 1.22 bits per heavy atom. The highest BCUT2D eigenvalue weighted by Gasteiger charge is 2.23. The molecular weight excluding hydrogens is 366 g/mol. The molecule has 2 N–H and O–H groups in total. The third-order valence-corrected chi connectivity index (χ3v) is 4.93. The van der Waals surface area contributed by atoms with Crippen molar-refractivity contribution in [2.75, 3.05) is 0 Å². The number of thioether (sulfide) groups is 1. The molecule has 2 amide bonds. The number of benzene rings is 1. The van der Waals surface area contributed by atoms with E-state index in [0.29, 0.717) is 4.91 Å². The van der Waals surface area contributed by atoms with Gasteiger partial charge >= 0.3 is 5.97 Å². The zero-order valence-corrected chi connectivity index (χ0v) is 15.8. The van der Waals surface area contributed by atoms with Crippen molar-refractivity contribution in [1.82, 2.24) is 9.88 Å². The lowest BCUT2D eigenvalue weighted by molar-refractivity contribution is -0.117. The molecule has 138 valence electrons. The van der Waals surface area contributed by atoms with E-state index in [2.05, 4.69) is 10.3 Å². The number of carboxylic acid groups (broad SMARTS) is 1. The van der Waals surface area contributed by atoms with E-state index in [-0.39, 0.29) is 22.5 Å². The number of carbonyl (C=O) groups is 3. The Kier molecular flexibility index (Phi) is 5.00. The van der Waals surface area contributed by atoms with Crippen molar-refractivity contribution in [3.05, 3.63) is 57.8 Å². The monoisotopic (exact) mass is 383 g/mol. The Hall–Kier alpha value is -3.13. The van der Waals surface area contributed by atoms with Gasteiger partial charge in [-0.15, -0.1) is 0 Å². The molecule has 0 radical (unpaired) electrons. The number of aliphatic imine (C=N–C) groups is 1. The normalized spacial score (nSPS) is 15.1. The van der Waals surface area contributed by atoms with Crippen molar-refractivity contribution in [2.24, 2.45) is 4.99 Å². The van der Waals surface area contributed by atoms with Crippen LogP contribution in [0, 0.1) is 13.8 Å². The highest BCUT2D eigenvalue weighted by Crippen LogP contribution is 2.30. The number of nitrogens with one attached hydrogen (secondary N) is 1. The van der Waals surface area contributed by atoms with Crippen LogP contribution in [0.1, 0.15) is 34.2 Å². The minimum atomic E-state index is -0.973. The first-order chi connectivity index (χ1) is 12.8. The van der Waals surface area contributed by atoms with Crippen LogP contribution >= 0.6 is 11.8 Å². The minimum absolute atomic E-state index is 0.221. The van der Waals surface area contributed by atoms with Crippen LogP contribution in [0.4, 0.5) is 0 Å². The fraction of sp³-hybridized carbons (Fsp3) is 0.158. The number of carbonyl (C=O) groups excluding carboxylic acids is 2. The lowest BCUT2D eigenvalue weighted by atomic mass is 10.2. The summed E-state index contributed by atoms with van der Waals surface area (Å²) in [5, 5.41) is 11.8. The zero-order valence-electron chi connectivity index (χ0n) is 14.9. The van der Waals surface area contributed by atoms with Gasteiger partial charge in [0.25, 0.3) is 5.91 Å². The van der Waals surface area contributed by atoms with Crippen LogP contribution in [0.25, 0.3) is 11.8 Å². The van der Waals surface area contributed by atoms with Gasteiger partial charge in [0.2, 0.25) is 5.91 Å². The number of hydrogen-bond donors (Lipinski definition) is 2. The van der Waals surface area contributed by atoms with Gasteiger partial charge < -0.3 is 15.0 Å². The molecule has 2 aromatic rings. The van der Waals surface area contributed by atoms with E-state index in [4.69, 9.17) is 5.11 Å². The quantitative estimate of drug-likeness (QED) is 0.794. The maximum atomic E-state index is 12.1. The fourth-order valence-electron chi connectivity index (χ4n) is 2.84. The summed E-state index contributed by atoms with van der Waals surface area (Å²) >= 11 is 1.12. The van der Waals surface area contributed by atoms with Crippen LogP contribution < -0.4 is 5.32 Å². The molecule has 3 rings (SSSR count). The van der Waals surface area contributed by atoms with Gasteiger partial charge in [-0.1, -0.05) is 0 Å². The maximum Gasteiger partial charge on any atom is 0.335 e. The standard InChI is InChI=1S/C19H17N3O4S/c1-10-8-14(9-16-17(24)21-19(27-16)20-12(3)23)11(2)22(10)15-6-4-13(5-7-15)18(25)26/h4-9H,1-3H3,(H,25,26)(H,20,21,23,24)/b16-9+. The van der Waals surface area contributed by atoms with Crippen molar-refractivity contribution >= 4 is 40.8 Å². The van der Waals surface area contributed by atoms with Crippen LogP contribution in [0.3, 0.4) is 0 Å². The number of aryl methyl sites for hydroxylation is 1. The molecule has 0 unspecified atom stereocenters. The summed E-state index contributed by atoms with van der Waals surface area (Å²) in [6.45, 7) is 5.21. The first kappa shape index (κ1) is 18.7. The summed E-state index contributed by atoms with van der Waals surface area (Å²) in [5.41, 5.74) is 3.76. The van der Waals surface area contributed by atoms with Gasteiger partial charge in [0, 0.05) is 24.0 Å². The lowest BCUT2D eigenvalue weighted by Crippen LogP contribution is -2.23. The molecule has 2 heterocycles. The number of aromatic nitrogens is 1. The van der Waals surface area contributed by atoms with Crippen molar-refractivity contribution in [1.29, 1.82) is 0 Å². The lowest BCUT2D eigenvalue weighted by Gasteiger charge is -2.10. The number of nitrogens with zero attached hydrogens (tertiary/aromatic N) is 2. The SMILES string of the molecule is CC(=O)NC1=NC(=O)/C(=C\c2cc(C)n(-c3ccc(C(=O)O)cc3)c2C)S1. The Bertz CT molecular complexity index is 1020. The first-order valence-corrected chi connectivity index (χ1v) is 8.90. The topological polar surface area (TPSA) is 101 Å². The molecule has 0 aliphatic carbocycles. The summed E-state index contributed by atoms with van der Waals surface area (Å²) in [4.78, 5) is 38.5. The van der Waals surface area contributed by atoms with E-state index in [1.807, 2.05) is 24.5 Å². The van der Waals surface area contributed by atoms with Crippen LogP contribution in [-0.2, 0) is 9.59 Å². The minimum Gasteiger partial charge on any atom is -0.478 e. The van der Waals surface area contributed by atoms with Crippen molar-refractivity contribution < 1.29 is 19.5 Å². The predicted molar refractivity (Wildman–Crippen MR) is 104 cm³/mol. The van der Waals surface area contributed by atoms with Gasteiger partial charge in [-0.2, -0.15) is 4.99 Å². The molecule has 0 atom stereocenters. The van der Waals surface area contributed by atoms with E-state index in [9.17, 15) is 14.4 Å². The van der Waals surface area contributed by atoms with Crippen LogP contribution in [-0.4, -0.2) is 32.6 Å². The molecule has 0 saturated heterocycles. The second-order valence-corrected chi connectivity index (χ2v) is 7.06. The summed E-state index contributed by atoms with van der Waals surface area (Å²) in [7, 11) is 0. The second-order valence-electron chi connectivity index (χ2n) is 6.03. The van der Waals surface area contributed by atoms with Crippen molar-refractivity contribution in [3.8, 4) is 5.69 Å². The first-order valence-electron chi connectivity index (χ1n) is 8.09.